The van der Waals surface area contributed by atoms with Gasteiger partial charge in [-0.3, -0.25) is 0 Å². The standard InChI is InChI=1S/C17H21BrN2O6S2/c1-20(2)28(23,24)14-6-4-13(5-7-14)26-11-10-19-27(21,22)15-8-9-17(25-3)16(18)12-15/h4-9,12,19H,10-11H2,1-3H3. The lowest BCUT2D eigenvalue weighted by Gasteiger charge is -2.12. The molecule has 2 aromatic rings. The maximum Gasteiger partial charge on any atom is 0.242 e. The molecule has 0 aliphatic rings. The summed E-state index contributed by atoms with van der Waals surface area (Å²) in [6.07, 6.45) is 0. The third-order valence-corrected chi connectivity index (χ3v) is 7.61. The van der Waals surface area contributed by atoms with Crippen LogP contribution in [0.2, 0.25) is 0 Å². The van der Waals surface area contributed by atoms with Gasteiger partial charge in [0.05, 0.1) is 21.4 Å². The zero-order valence-electron chi connectivity index (χ0n) is 15.5. The Bertz CT molecular complexity index is 1020. The van der Waals surface area contributed by atoms with E-state index in [1.807, 2.05) is 0 Å². The fourth-order valence-corrected chi connectivity index (χ4v) is 4.79. The highest BCUT2D eigenvalue weighted by atomic mass is 79.9. The number of hydrogen-bond acceptors (Lipinski definition) is 6. The Morgan fingerprint density at radius 2 is 1.61 bits per heavy atom. The van der Waals surface area contributed by atoms with Crippen molar-refractivity contribution in [3.63, 3.8) is 0 Å². The molecule has 154 valence electrons. The van der Waals surface area contributed by atoms with E-state index in [9.17, 15) is 16.8 Å². The zero-order chi connectivity index (χ0) is 20.9. The van der Waals surface area contributed by atoms with Crippen LogP contribution >= 0.6 is 15.9 Å². The third kappa shape index (κ3) is 5.45. The average molecular weight is 493 g/mol. The van der Waals surface area contributed by atoms with Gasteiger partial charge in [-0.25, -0.2) is 25.9 Å². The maximum absolute atomic E-state index is 12.3. The van der Waals surface area contributed by atoms with Gasteiger partial charge >= 0.3 is 0 Å². The predicted octanol–water partition coefficient (Wildman–Crippen LogP) is 2.07. The summed E-state index contributed by atoms with van der Waals surface area (Å²) >= 11 is 3.25. The number of ether oxygens (including phenoxy) is 2. The van der Waals surface area contributed by atoms with Crippen LogP contribution in [0.5, 0.6) is 11.5 Å². The van der Waals surface area contributed by atoms with Gasteiger partial charge in [-0.1, -0.05) is 0 Å². The maximum atomic E-state index is 12.3. The minimum absolute atomic E-state index is 0.0454. The number of halogens is 1. The Hall–Kier alpha value is -1.66. The van der Waals surface area contributed by atoms with E-state index in [-0.39, 0.29) is 22.9 Å². The highest BCUT2D eigenvalue weighted by molar-refractivity contribution is 9.10. The van der Waals surface area contributed by atoms with Crippen LogP contribution < -0.4 is 14.2 Å². The number of methoxy groups -OCH3 is 1. The second kappa shape index (κ2) is 9.23. The van der Waals surface area contributed by atoms with Crippen LogP contribution in [-0.4, -0.2) is 55.5 Å². The topological polar surface area (TPSA) is 102 Å². The van der Waals surface area contributed by atoms with Gasteiger partial charge in [0.2, 0.25) is 20.0 Å². The number of rotatable bonds is 9. The molecule has 0 aliphatic heterocycles. The molecule has 0 spiro atoms. The van der Waals surface area contributed by atoms with Crippen LogP contribution in [0.15, 0.2) is 56.7 Å². The van der Waals surface area contributed by atoms with E-state index in [4.69, 9.17) is 9.47 Å². The molecule has 0 unspecified atom stereocenters. The first-order chi connectivity index (χ1) is 13.1. The van der Waals surface area contributed by atoms with E-state index in [1.165, 1.54) is 57.6 Å². The Kier molecular flexibility index (Phi) is 7.46. The fraction of sp³-hybridized carbons (Fsp3) is 0.294. The lowest BCUT2D eigenvalue weighted by molar-refractivity contribution is 0.322. The van der Waals surface area contributed by atoms with Crippen LogP contribution in [0.1, 0.15) is 0 Å². The average Bonchev–Trinajstić information content (AvgIpc) is 2.65. The Balaban J connectivity index is 1.92. The molecule has 8 nitrogen and oxygen atoms in total. The molecule has 11 heteroatoms. The van der Waals surface area contributed by atoms with Gasteiger partial charge < -0.3 is 9.47 Å². The summed E-state index contributed by atoms with van der Waals surface area (Å²) < 4.78 is 63.3. The highest BCUT2D eigenvalue weighted by Gasteiger charge is 2.17. The predicted molar refractivity (Wildman–Crippen MR) is 109 cm³/mol. The monoisotopic (exact) mass is 492 g/mol. The summed E-state index contributed by atoms with van der Waals surface area (Å²) in [4.78, 5) is 0.244. The molecule has 0 heterocycles. The Morgan fingerprint density at radius 1 is 1.00 bits per heavy atom. The quantitative estimate of drug-likeness (QED) is 0.537. The van der Waals surface area contributed by atoms with Crippen molar-refractivity contribution in [1.29, 1.82) is 0 Å². The summed E-state index contributed by atoms with van der Waals surface area (Å²) in [6.45, 7) is 0.125. The lowest BCUT2D eigenvalue weighted by atomic mass is 10.3. The summed E-state index contributed by atoms with van der Waals surface area (Å²) in [6, 6.07) is 10.4. The van der Waals surface area contributed by atoms with Crippen molar-refractivity contribution in [3.8, 4) is 11.5 Å². The molecule has 0 radical (unpaired) electrons. The van der Waals surface area contributed by atoms with Gasteiger partial charge in [0.1, 0.15) is 18.1 Å². The molecule has 1 N–H and O–H groups in total. The lowest BCUT2D eigenvalue weighted by Crippen LogP contribution is -2.28. The van der Waals surface area contributed by atoms with E-state index in [1.54, 1.807) is 6.07 Å². The number of nitrogens with one attached hydrogen (secondary N) is 1. The van der Waals surface area contributed by atoms with Crippen LogP contribution in [-0.2, 0) is 20.0 Å². The second-order valence-electron chi connectivity index (χ2n) is 5.80. The molecule has 2 aromatic carbocycles. The first-order valence-electron chi connectivity index (χ1n) is 8.06. The summed E-state index contributed by atoms with van der Waals surface area (Å²) in [5.41, 5.74) is 0. The number of hydrogen-bond donors (Lipinski definition) is 1. The first kappa shape index (κ1) is 22.6. The summed E-state index contributed by atoms with van der Waals surface area (Å²) in [5, 5.41) is 0. The molecule has 0 saturated carbocycles. The summed E-state index contributed by atoms with van der Waals surface area (Å²) in [7, 11) is -2.81. The van der Waals surface area contributed by atoms with Crippen LogP contribution in [0.25, 0.3) is 0 Å². The van der Waals surface area contributed by atoms with Crippen LogP contribution in [0, 0.1) is 0 Å². The molecule has 0 aliphatic carbocycles. The number of nitrogens with zero attached hydrogens (tertiary/aromatic N) is 1. The van der Waals surface area contributed by atoms with Gasteiger partial charge in [-0.15, -0.1) is 0 Å². The Labute approximate surface area is 173 Å². The van der Waals surface area contributed by atoms with E-state index in [0.717, 1.165) is 4.31 Å². The normalized spacial score (nSPS) is 12.2. The largest absolute Gasteiger partial charge is 0.496 e. The van der Waals surface area contributed by atoms with Crippen molar-refractivity contribution >= 4 is 36.0 Å². The molecular weight excluding hydrogens is 472 g/mol. The highest BCUT2D eigenvalue weighted by Crippen LogP contribution is 2.27. The van der Waals surface area contributed by atoms with Crippen molar-refractivity contribution in [2.24, 2.45) is 0 Å². The Morgan fingerprint density at radius 3 is 2.14 bits per heavy atom. The molecular formula is C17H21BrN2O6S2. The van der Waals surface area contributed by atoms with E-state index >= 15 is 0 Å². The molecule has 28 heavy (non-hydrogen) atoms. The van der Waals surface area contributed by atoms with E-state index < -0.39 is 20.0 Å². The van der Waals surface area contributed by atoms with Crippen molar-refractivity contribution in [2.45, 2.75) is 9.79 Å². The third-order valence-electron chi connectivity index (χ3n) is 3.70. The smallest absolute Gasteiger partial charge is 0.242 e. The molecule has 0 saturated heterocycles. The van der Waals surface area contributed by atoms with Gasteiger partial charge in [0.25, 0.3) is 0 Å². The minimum Gasteiger partial charge on any atom is -0.496 e. The van der Waals surface area contributed by atoms with Crippen molar-refractivity contribution in [1.82, 2.24) is 9.03 Å². The van der Waals surface area contributed by atoms with Gasteiger partial charge in [-0.2, -0.15) is 0 Å². The SMILES string of the molecule is COc1ccc(S(=O)(=O)NCCOc2ccc(S(=O)(=O)N(C)C)cc2)cc1Br. The molecule has 2 rings (SSSR count). The molecule has 0 amide bonds. The van der Waals surface area contributed by atoms with E-state index in [2.05, 4.69) is 20.7 Å². The van der Waals surface area contributed by atoms with Crippen molar-refractivity contribution < 1.29 is 26.3 Å². The van der Waals surface area contributed by atoms with E-state index in [0.29, 0.717) is 16.0 Å². The van der Waals surface area contributed by atoms with Gasteiger partial charge in [0, 0.05) is 20.6 Å². The fourth-order valence-electron chi connectivity index (χ4n) is 2.16. The van der Waals surface area contributed by atoms with Crippen LogP contribution in [0.4, 0.5) is 0 Å². The molecule has 0 aromatic heterocycles. The van der Waals surface area contributed by atoms with Crippen molar-refractivity contribution in [2.75, 3.05) is 34.4 Å². The van der Waals surface area contributed by atoms with Gasteiger partial charge in [-0.05, 0) is 58.4 Å². The molecule has 0 atom stereocenters. The van der Waals surface area contributed by atoms with Crippen molar-refractivity contribution in [3.05, 3.63) is 46.9 Å². The van der Waals surface area contributed by atoms with Crippen LogP contribution in [0.3, 0.4) is 0 Å². The number of benzene rings is 2. The first-order valence-corrected chi connectivity index (χ1v) is 11.8. The second-order valence-corrected chi connectivity index (χ2v) is 10.6. The van der Waals surface area contributed by atoms with Gasteiger partial charge in [0.15, 0.2) is 0 Å². The number of sulfonamides is 2. The zero-order valence-corrected chi connectivity index (χ0v) is 18.8. The summed E-state index contributed by atoms with van der Waals surface area (Å²) in [5.74, 6) is 0.964. The molecule has 0 bridgehead atoms. The molecule has 0 fully saturated rings. The minimum atomic E-state index is -3.70.